The van der Waals surface area contributed by atoms with Crippen LogP contribution in [0.25, 0.3) is 0 Å². The standard InChI is InChI=1S/C14H19ClFN/c1-3-6-17-9-10-8-14(10,2)12-5-4-11(16)7-13(12)15/h4-5,7,10,17H,3,6,8-9H2,1-2H3. The first-order chi connectivity index (χ1) is 8.08. The van der Waals surface area contributed by atoms with E-state index in [1.54, 1.807) is 0 Å². The molecule has 1 aliphatic carbocycles. The van der Waals surface area contributed by atoms with Crippen molar-refractivity contribution in [2.45, 2.75) is 32.1 Å². The Morgan fingerprint density at radius 2 is 2.29 bits per heavy atom. The quantitative estimate of drug-likeness (QED) is 0.790. The van der Waals surface area contributed by atoms with Crippen molar-refractivity contribution < 1.29 is 4.39 Å². The highest BCUT2D eigenvalue weighted by Gasteiger charge is 2.51. The first-order valence-electron chi connectivity index (χ1n) is 6.24. The molecule has 0 aliphatic heterocycles. The fourth-order valence-electron chi connectivity index (χ4n) is 2.49. The van der Waals surface area contributed by atoms with Crippen molar-refractivity contribution in [2.75, 3.05) is 13.1 Å². The maximum Gasteiger partial charge on any atom is 0.124 e. The molecule has 0 bridgehead atoms. The fourth-order valence-corrected chi connectivity index (χ4v) is 2.87. The van der Waals surface area contributed by atoms with Crippen LogP contribution in [0.1, 0.15) is 32.3 Å². The molecule has 0 radical (unpaired) electrons. The average Bonchev–Trinajstić information content (AvgIpc) is 2.90. The summed E-state index contributed by atoms with van der Waals surface area (Å²) in [5.41, 5.74) is 1.22. The third-order valence-corrected chi connectivity index (χ3v) is 4.09. The molecule has 1 nitrogen and oxygen atoms in total. The maximum atomic E-state index is 13.0. The SMILES string of the molecule is CCCNCC1CC1(C)c1ccc(F)cc1Cl. The fraction of sp³-hybridized carbons (Fsp3) is 0.571. The molecule has 2 unspecified atom stereocenters. The van der Waals surface area contributed by atoms with E-state index in [4.69, 9.17) is 11.6 Å². The summed E-state index contributed by atoms with van der Waals surface area (Å²) in [6.07, 6.45) is 2.29. The summed E-state index contributed by atoms with van der Waals surface area (Å²) in [6.45, 7) is 6.46. The molecule has 1 aliphatic rings. The predicted molar refractivity (Wildman–Crippen MR) is 70.0 cm³/mol. The first-order valence-corrected chi connectivity index (χ1v) is 6.62. The Bertz CT molecular complexity index is 407. The third kappa shape index (κ3) is 2.63. The topological polar surface area (TPSA) is 12.0 Å². The van der Waals surface area contributed by atoms with Crippen molar-refractivity contribution in [3.8, 4) is 0 Å². The largest absolute Gasteiger partial charge is 0.316 e. The Balaban J connectivity index is 2.03. The van der Waals surface area contributed by atoms with Crippen LogP contribution in [-0.4, -0.2) is 13.1 Å². The van der Waals surface area contributed by atoms with E-state index in [1.807, 2.05) is 6.07 Å². The van der Waals surface area contributed by atoms with Crippen LogP contribution in [0, 0.1) is 11.7 Å². The lowest BCUT2D eigenvalue weighted by Crippen LogP contribution is -2.21. The van der Waals surface area contributed by atoms with Gasteiger partial charge < -0.3 is 5.32 Å². The molecule has 0 saturated heterocycles. The number of hydrogen-bond acceptors (Lipinski definition) is 1. The van der Waals surface area contributed by atoms with E-state index in [9.17, 15) is 4.39 Å². The zero-order chi connectivity index (χ0) is 12.5. The van der Waals surface area contributed by atoms with Crippen molar-refractivity contribution in [1.29, 1.82) is 0 Å². The van der Waals surface area contributed by atoms with Gasteiger partial charge in [-0.3, -0.25) is 0 Å². The van der Waals surface area contributed by atoms with Gasteiger partial charge in [0.15, 0.2) is 0 Å². The molecule has 0 spiro atoms. The summed E-state index contributed by atoms with van der Waals surface area (Å²) in [4.78, 5) is 0. The summed E-state index contributed by atoms with van der Waals surface area (Å²) >= 11 is 6.12. The number of hydrogen-bond donors (Lipinski definition) is 1. The van der Waals surface area contributed by atoms with E-state index < -0.39 is 0 Å². The predicted octanol–water partition coefficient (Wildman–Crippen LogP) is 3.76. The molecule has 1 saturated carbocycles. The van der Waals surface area contributed by atoms with Crippen molar-refractivity contribution in [2.24, 2.45) is 5.92 Å². The highest BCUT2D eigenvalue weighted by molar-refractivity contribution is 6.31. The lowest BCUT2D eigenvalue weighted by atomic mass is 9.95. The van der Waals surface area contributed by atoms with E-state index in [1.165, 1.54) is 12.1 Å². The Labute approximate surface area is 107 Å². The molecular formula is C14H19ClFN. The Hall–Kier alpha value is -0.600. The molecule has 2 rings (SSSR count). The summed E-state index contributed by atoms with van der Waals surface area (Å²) in [7, 11) is 0. The van der Waals surface area contributed by atoms with Gasteiger partial charge in [-0.2, -0.15) is 0 Å². The summed E-state index contributed by atoms with van der Waals surface area (Å²) in [5.74, 6) is 0.362. The van der Waals surface area contributed by atoms with Crippen molar-refractivity contribution in [3.05, 3.63) is 34.6 Å². The lowest BCUT2D eigenvalue weighted by molar-refractivity contribution is 0.573. The monoisotopic (exact) mass is 255 g/mol. The van der Waals surface area contributed by atoms with Crippen LogP contribution >= 0.6 is 11.6 Å². The minimum absolute atomic E-state index is 0.130. The molecule has 0 aromatic heterocycles. The van der Waals surface area contributed by atoms with Gasteiger partial charge >= 0.3 is 0 Å². The number of rotatable bonds is 5. The van der Waals surface area contributed by atoms with Crippen LogP contribution in [0.15, 0.2) is 18.2 Å². The third-order valence-electron chi connectivity index (χ3n) is 3.78. The molecule has 0 amide bonds. The van der Waals surface area contributed by atoms with Gasteiger partial charge in [-0.1, -0.05) is 31.5 Å². The van der Waals surface area contributed by atoms with E-state index in [2.05, 4.69) is 19.2 Å². The smallest absolute Gasteiger partial charge is 0.124 e. The molecule has 0 heterocycles. The van der Waals surface area contributed by atoms with E-state index in [0.29, 0.717) is 10.9 Å². The second-order valence-electron chi connectivity index (χ2n) is 5.15. The maximum absolute atomic E-state index is 13.0. The van der Waals surface area contributed by atoms with Gasteiger partial charge in [0.05, 0.1) is 0 Å². The van der Waals surface area contributed by atoms with Crippen LogP contribution in [0.3, 0.4) is 0 Å². The second-order valence-corrected chi connectivity index (χ2v) is 5.55. The molecule has 94 valence electrons. The van der Waals surface area contributed by atoms with Gasteiger partial charge in [0.1, 0.15) is 5.82 Å². The lowest BCUT2D eigenvalue weighted by Gasteiger charge is -2.14. The second kappa shape index (κ2) is 4.95. The summed E-state index contributed by atoms with van der Waals surface area (Å²) < 4.78 is 13.0. The van der Waals surface area contributed by atoms with E-state index in [0.717, 1.165) is 31.5 Å². The summed E-state index contributed by atoms with van der Waals surface area (Å²) in [6, 6.07) is 4.75. The Morgan fingerprint density at radius 1 is 1.53 bits per heavy atom. The van der Waals surface area contributed by atoms with Crippen LogP contribution in [0.2, 0.25) is 5.02 Å². The molecular weight excluding hydrogens is 237 g/mol. The van der Waals surface area contributed by atoms with E-state index >= 15 is 0 Å². The van der Waals surface area contributed by atoms with Gasteiger partial charge in [0, 0.05) is 5.02 Å². The molecule has 17 heavy (non-hydrogen) atoms. The van der Waals surface area contributed by atoms with Crippen molar-refractivity contribution >= 4 is 11.6 Å². The zero-order valence-electron chi connectivity index (χ0n) is 10.4. The molecule has 1 fully saturated rings. The average molecular weight is 256 g/mol. The first kappa shape index (κ1) is 12.8. The van der Waals surface area contributed by atoms with Gasteiger partial charge in [0.25, 0.3) is 0 Å². The van der Waals surface area contributed by atoms with E-state index in [-0.39, 0.29) is 11.2 Å². The highest BCUT2D eigenvalue weighted by Crippen LogP contribution is 2.55. The normalized spacial score (nSPS) is 27.2. The van der Waals surface area contributed by atoms with Crippen molar-refractivity contribution in [3.63, 3.8) is 0 Å². The molecule has 2 atom stereocenters. The van der Waals surface area contributed by atoms with Crippen LogP contribution < -0.4 is 5.32 Å². The van der Waals surface area contributed by atoms with Gasteiger partial charge in [-0.15, -0.1) is 0 Å². The van der Waals surface area contributed by atoms with Gasteiger partial charge in [0.2, 0.25) is 0 Å². The van der Waals surface area contributed by atoms with Crippen LogP contribution in [-0.2, 0) is 5.41 Å². The number of nitrogens with one attached hydrogen (secondary N) is 1. The minimum atomic E-state index is -0.261. The molecule has 1 aromatic rings. The highest BCUT2D eigenvalue weighted by atomic mass is 35.5. The zero-order valence-corrected chi connectivity index (χ0v) is 11.1. The summed E-state index contributed by atoms with van der Waals surface area (Å²) in [5, 5.41) is 4.00. The molecule has 1 aromatic carbocycles. The van der Waals surface area contributed by atoms with Crippen LogP contribution in [0.4, 0.5) is 4.39 Å². The van der Waals surface area contributed by atoms with Crippen molar-refractivity contribution in [1.82, 2.24) is 5.32 Å². The minimum Gasteiger partial charge on any atom is -0.316 e. The number of halogens is 2. The van der Waals surface area contributed by atoms with Gasteiger partial charge in [-0.05, 0) is 55.0 Å². The molecule has 3 heteroatoms. The molecule has 1 N–H and O–H groups in total. The van der Waals surface area contributed by atoms with Gasteiger partial charge in [-0.25, -0.2) is 4.39 Å². The Morgan fingerprint density at radius 3 is 2.94 bits per heavy atom. The number of benzene rings is 1. The Kier molecular flexibility index (Phi) is 3.74. The van der Waals surface area contributed by atoms with Crippen LogP contribution in [0.5, 0.6) is 0 Å².